The molecule has 0 spiro atoms. The van der Waals surface area contributed by atoms with Gasteiger partial charge in [0, 0.05) is 24.9 Å². The van der Waals surface area contributed by atoms with Gasteiger partial charge in [-0.1, -0.05) is 17.7 Å². The molecule has 1 N–H and O–H groups in total. The van der Waals surface area contributed by atoms with Gasteiger partial charge in [0.1, 0.15) is 0 Å². The third-order valence-corrected chi connectivity index (χ3v) is 3.23. The molecule has 0 aliphatic rings. The van der Waals surface area contributed by atoms with Crippen LogP contribution in [0.15, 0.2) is 24.4 Å². The fourth-order valence-corrected chi connectivity index (χ4v) is 2.17. The van der Waals surface area contributed by atoms with Gasteiger partial charge in [-0.25, -0.2) is 0 Å². The number of pyridine rings is 1. The lowest BCUT2D eigenvalue weighted by molar-refractivity contribution is 0.767. The van der Waals surface area contributed by atoms with Crippen molar-refractivity contribution in [2.24, 2.45) is 0 Å². The highest BCUT2D eigenvalue weighted by molar-refractivity contribution is 6.34. The summed E-state index contributed by atoms with van der Waals surface area (Å²) in [5.41, 5.74) is 3.59. The Hall–Kier alpha value is -0.990. The van der Waals surface area contributed by atoms with Gasteiger partial charge >= 0.3 is 0 Å². The Bertz CT molecular complexity index is 474. The first kappa shape index (κ1) is 10.5. The molecule has 3 heteroatoms. The van der Waals surface area contributed by atoms with E-state index in [1.54, 1.807) is 0 Å². The highest BCUT2D eigenvalue weighted by atomic mass is 35.5. The fourth-order valence-electron chi connectivity index (χ4n) is 1.91. The molecule has 0 aliphatic carbocycles. The number of aromatic nitrogens is 1. The number of nitrogens with one attached hydrogen (secondary N) is 1. The molecule has 0 atom stereocenters. The van der Waals surface area contributed by atoms with Crippen LogP contribution in [-0.4, -0.2) is 18.0 Å². The maximum absolute atomic E-state index is 6.28. The topological polar surface area (TPSA) is 16.4 Å². The Morgan fingerprint density at radius 3 is 2.93 bits per heavy atom. The van der Waals surface area contributed by atoms with Crippen molar-refractivity contribution >= 4 is 17.1 Å². The van der Waals surface area contributed by atoms with Gasteiger partial charge in [-0.3, -0.25) is 0 Å². The van der Waals surface area contributed by atoms with Gasteiger partial charge in [0.25, 0.3) is 0 Å². The van der Waals surface area contributed by atoms with E-state index in [4.69, 9.17) is 11.6 Å². The van der Waals surface area contributed by atoms with Crippen LogP contribution in [0, 0.1) is 6.92 Å². The van der Waals surface area contributed by atoms with Crippen LogP contribution in [0.5, 0.6) is 0 Å². The van der Waals surface area contributed by atoms with Gasteiger partial charge in [-0.2, -0.15) is 0 Å². The molecule has 0 radical (unpaired) electrons. The molecule has 0 saturated carbocycles. The van der Waals surface area contributed by atoms with Crippen LogP contribution >= 0.6 is 11.6 Å². The molecule has 2 rings (SSSR count). The number of nitrogens with zero attached hydrogens (tertiary/aromatic N) is 1. The molecule has 0 saturated heterocycles. The number of hydrogen-bond donors (Lipinski definition) is 1. The summed E-state index contributed by atoms with van der Waals surface area (Å²) in [7, 11) is 1.97. The van der Waals surface area contributed by atoms with Crippen molar-refractivity contribution in [1.82, 2.24) is 9.72 Å². The average molecular weight is 223 g/mol. The molecule has 2 heterocycles. The summed E-state index contributed by atoms with van der Waals surface area (Å²) in [5, 5.41) is 4.04. The van der Waals surface area contributed by atoms with Crippen molar-refractivity contribution in [3.8, 4) is 0 Å². The lowest BCUT2D eigenvalue weighted by Gasteiger charge is -2.03. The second-order valence-corrected chi connectivity index (χ2v) is 4.07. The van der Waals surface area contributed by atoms with Crippen LogP contribution in [0.2, 0.25) is 5.02 Å². The predicted molar refractivity (Wildman–Crippen MR) is 64.8 cm³/mol. The molecule has 0 amide bonds. The van der Waals surface area contributed by atoms with Gasteiger partial charge in [-0.15, -0.1) is 0 Å². The molecule has 15 heavy (non-hydrogen) atoms. The van der Waals surface area contributed by atoms with Crippen molar-refractivity contribution < 1.29 is 0 Å². The standard InChI is InChI=1S/C12H15ClN2/c1-9-10(6-7-14-2)15-8-4-3-5-11(15)12(9)13/h3-5,8,14H,6-7H2,1-2H3. The highest BCUT2D eigenvalue weighted by Crippen LogP contribution is 2.27. The lowest BCUT2D eigenvalue weighted by Crippen LogP contribution is -2.12. The Morgan fingerprint density at radius 2 is 2.20 bits per heavy atom. The van der Waals surface area contributed by atoms with Crippen LogP contribution in [0.1, 0.15) is 11.3 Å². The maximum atomic E-state index is 6.28. The van der Waals surface area contributed by atoms with E-state index >= 15 is 0 Å². The van der Waals surface area contributed by atoms with E-state index in [-0.39, 0.29) is 0 Å². The Balaban J connectivity index is 2.56. The number of rotatable bonds is 3. The Morgan fingerprint density at radius 1 is 1.40 bits per heavy atom. The first-order chi connectivity index (χ1) is 7.25. The van der Waals surface area contributed by atoms with E-state index in [0.717, 1.165) is 23.5 Å². The monoisotopic (exact) mass is 222 g/mol. The molecule has 2 aromatic rings. The summed E-state index contributed by atoms with van der Waals surface area (Å²) >= 11 is 6.28. The predicted octanol–water partition coefficient (Wildman–Crippen LogP) is 2.66. The lowest BCUT2D eigenvalue weighted by atomic mass is 10.2. The Kier molecular flexibility index (Phi) is 2.98. The summed E-state index contributed by atoms with van der Waals surface area (Å²) in [6, 6.07) is 6.10. The van der Waals surface area contributed by atoms with E-state index < -0.39 is 0 Å². The quantitative estimate of drug-likeness (QED) is 0.845. The minimum Gasteiger partial charge on any atom is -0.319 e. The van der Waals surface area contributed by atoms with Crippen molar-refractivity contribution in [3.05, 3.63) is 40.7 Å². The van der Waals surface area contributed by atoms with Gasteiger partial charge in [0.05, 0.1) is 10.5 Å². The second kappa shape index (κ2) is 4.25. The van der Waals surface area contributed by atoms with E-state index in [0.29, 0.717) is 0 Å². The SMILES string of the molecule is CNCCc1c(C)c(Cl)c2ccccn12. The minimum absolute atomic E-state index is 0.877. The van der Waals surface area contributed by atoms with Crippen molar-refractivity contribution in [2.45, 2.75) is 13.3 Å². The summed E-state index contributed by atoms with van der Waals surface area (Å²) in [6.45, 7) is 3.05. The molecule has 80 valence electrons. The third kappa shape index (κ3) is 1.75. The van der Waals surface area contributed by atoms with Gasteiger partial charge in [-0.05, 0) is 31.7 Å². The summed E-state index contributed by atoms with van der Waals surface area (Å²) in [6.07, 6.45) is 3.07. The van der Waals surface area contributed by atoms with Crippen molar-refractivity contribution in [3.63, 3.8) is 0 Å². The van der Waals surface area contributed by atoms with Crippen molar-refractivity contribution in [1.29, 1.82) is 0 Å². The van der Waals surface area contributed by atoms with E-state index in [2.05, 4.69) is 28.9 Å². The van der Waals surface area contributed by atoms with Gasteiger partial charge in [0.2, 0.25) is 0 Å². The first-order valence-electron chi connectivity index (χ1n) is 5.14. The molecule has 2 nitrogen and oxygen atoms in total. The van der Waals surface area contributed by atoms with Crippen LogP contribution in [0.3, 0.4) is 0 Å². The maximum Gasteiger partial charge on any atom is 0.0693 e. The normalized spacial score (nSPS) is 11.1. The zero-order valence-corrected chi connectivity index (χ0v) is 9.80. The molecule has 0 unspecified atom stereocenters. The van der Waals surface area contributed by atoms with Crippen LogP contribution in [-0.2, 0) is 6.42 Å². The van der Waals surface area contributed by atoms with Gasteiger partial charge in [0.15, 0.2) is 0 Å². The second-order valence-electron chi connectivity index (χ2n) is 3.70. The zero-order valence-electron chi connectivity index (χ0n) is 9.05. The van der Waals surface area contributed by atoms with Gasteiger partial charge < -0.3 is 9.72 Å². The number of fused-ring (bicyclic) bond motifs is 1. The zero-order chi connectivity index (χ0) is 10.8. The molecule has 2 aromatic heterocycles. The fraction of sp³-hybridized carbons (Fsp3) is 0.333. The highest BCUT2D eigenvalue weighted by Gasteiger charge is 2.11. The molecular weight excluding hydrogens is 208 g/mol. The van der Waals surface area contributed by atoms with E-state index in [1.807, 2.05) is 19.2 Å². The molecule has 0 fully saturated rings. The third-order valence-electron chi connectivity index (χ3n) is 2.75. The molecule has 0 aliphatic heterocycles. The summed E-state index contributed by atoms with van der Waals surface area (Å²) in [4.78, 5) is 0. The van der Waals surface area contributed by atoms with Crippen LogP contribution < -0.4 is 5.32 Å². The average Bonchev–Trinajstić information content (AvgIpc) is 2.51. The smallest absolute Gasteiger partial charge is 0.0693 e. The largest absolute Gasteiger partial charge is 0.319 e. The Labute approximate surface area is 94.9 Å². The van der Waals surface area contributed by atoms with Crippen LogP contribution in [0.25, 0.3) is 5.52 Å². The number of likely N-dealkylation sites (N-methyl/N-ethyl adjacent to an activating group) is 1. The number of hydrogen-bond acceptors (Lipinski definition) is 1. The first-order valence-corrected chi connectivity index (χ1v) is 5.52. The molecular formula is C12H15ClN2. The van der Waals surface area contributed by atoms with E-state index in [1.165, 1.54) is 11.3 Å². The van der Waals surface area contributed by atoms with Crippen LogP contribution in [0.4, 0.5) is 0 Å². The molecule has 0 bridgehead atoms. The summed E-state index contributed by atoms with van der Waals surface area (Å²) < 4.78 is 2.18. The minimum atomic E-state index is 0.877. The molecule has 0 aromatic carbocycles. The summed E-state index contributed by atoms with van der Waals surface area (Å²) in [5.74, 6) is 0. The van der Waals surface area contributed by atoms with Crippen molar-refractivity contribution in [2.75, 3.05) is 13.6 Å². The number of halogens is 1. The van der Waals surface area contributed by atoms with E-state index in [9.17, 15) is 0 Å².